The molecule has 1 atom stereocenters. The number of rotatable bonds is 3. The number of hydrogen-bond acceptors (Lipinski definition) is 4. The highest BCUT2D eigenvalue weighted by atomic mass is 35.5. The molecule has 0 aromatic heterocycles. The summed E-state index contributed by atoms with van der Waals surface area (Å²) in [4.78, 5) is 39.1. The van der Waals surface area contributed by atoms with E-state index in [1.165, 1.54) is 0 Å². The molecule has 1 aromatic carbocycles. The number of carbonyl (C=O) groups excluding carboxylic acids is 3. The molecule has 3 rings (SSSR count). The van der Waals surface area contributed by atoms with Gasteiger partial charge in [0.2, 0.25) is 11.8 Å². The minimum absolute atomic E-state index is 0.0717. The van der Waals surface area contributed by atoms with Crippen molar-refractivity contribution in [1.29, 1.82) is 0 Å². The zero-order valence-corrected chi connectivity index (χ0v) is 13.9. The monoisotopic (exact) mass is 350 g/mol. The van der Waals surface area contributed by atoms with Crippen LogP contribution in [0.4, 0.5) is 4.79 Å². The molecular weight excluding hydrogens is 332 g/mol. The summed E-state index contributed by atoms with van der Waals surface area (Å²) in [5.74, 6) is -0.201. The Hall–Kier alpha value is -2.12. The molecule has 1 unspecified atom stereocenters. The van der Waals surface area contributed by atoms with E-state index in [1.807, 2.05) is 21.9 Å². The number of urea groups is 1. The number of hydrogen-bond donors (Lipinski definition) is 2. The topological polar surface area (TPSA) is 81.8 Å². The van der Waals surface area contributed by atoms with E-state index in [1.54, 1.807) is 12.1 Å². The normalized spacial score (nSPS) is 22.0. The van der Waals surface area contributed by atoms with Crippen LogP contribution >= 0.6 is 11.6 Å². The van der Waals surface area contributed by atoms with Gasteiger partial charge in [-0.15, -0.1) is 0 Å². The Morgan fingerprint density at radius 3 is 2.42 bits per heavy atom. The van der Waals surface area contributed by atoms with Crippen LogP contribution in [0.25, 0.3) is 0 Å². The van der Waals surface area contributed by atoms with Crippen molar-refractivity contribution in [3.05, 3.63) is 34.9 Å². The second-order valence-corrected chi connectivity index (χ2v) is 6.40. The van der Waals surface area contributed by atoms with Gasteiger partial charge in [0.15, 0.2) is 0 Å². The van der Waals surface area contributed by atoms with E-state index >= 15 is 0 Å². The summed E-state index contributed by atoms with van der Waals surface area (Å²) in [5, 5.41) is 5.61. The minimum Gasteiger partial charge on any atom is -0.340 e. The van der Waals surface area contributed by atoms with Gasteiger partial charge in [-0.2, -0.15) is 0 Å². The van der Waals surface area contributed by atoms with Gasteiger partial charge in [0.05, 0.1) is 19.0 Å². The number of nitrogens with one attached hydrogen (secondary N) is 2. The summed E-state index contributed by atoms with van der Waals surface area (Å²) >= 11 is 5.85. The first-order valence-corrected chi connectivity index (χ1v) is 8.25. The largest absolute Gasteiger partial charge is 0.340 e. The Morgan fingerprint density at radius 2 is 1.79 bits per heavy atom. The van der Waals surface area contributed by atoms with Crippen molar-refractivity contribution in [3.63, 3.8) is 0 Å². The van der Waals surface area contributed by atoms with Gasteiger partial charge in [0.1, 0.15) is 0 Å². The SMILES string of the molecule is O=C1CC(N2CCN(C(=O)Cc3ccc(Cl)cc3)CC2)NC(=O)N1. The highest BCUT2D eigenvalue weighted by molar-refractivity contribution is 6.30. The van der Waals surface area contributed by atoms with Crippen molar-refractivity contribution in [2.75, 3.05) is 26.2 Å². The molecule has 0 spiro atoms. The lowest BCUT2D eigenvalue weighted by Gasteiger charge is -2.40. The molecule has 2 aliphatic heterocycles. The van der Waals surface area contributed by atoms with E-state index in [2.05, 4.69) is 10.6 Å². The predicted octanol–water partition coefficient (Wildman–Crippen LogP) is 0.582. The van der Waals surface area contributed by atoms with Gasteiger partial charge in [0.25, 0.3) is 0 Å². The fourth-order valence-corrected chi connectivity index (χ4v) is 3.11. The fraction of sp³-hybridized carbons (Fsp3) is 0.438. The van der Waals surface area contributed by atoms with Crippen molar-refractivity contribution in [1.82, 2.24) is 20.4 Å². The van der Waals surface area contributed by atoms with Gasteiger partial charge in [-0.1, -0.05) is 23.7 Å². The maximum absolute atomic E-state index is 12.4. The van der Waals surface area contributed by atoms with E-state index in [0.29, 0.717) is 37.6 Å². The summed E-state index contributed by atoms with van der Waals surface area (Å²) in [6, 6.07) is 6.80. The molecule has 2 heterocycles. The lowest BCUT2D eigenvalue weighted by Crippen LogP contribution is -2.62. The zero-order valence-electron chi connectivity index (χ0n) is 13.1. The Balaban J connectivity index is 1.51. The van der Waals surface area contributed by atoms with Crippen molar-refractivity contribution in [2.24, 2.45) is 0 Å². The van der Waals surface area contributed by atoms with E-state index in [9.17, 15) is 14.4 Å². The van der Waals surface area contributed by atoms with E-state index < -0.39 is 6.03 Å². The van der Waals surface area contributed by atoms with Crippen LogP contribution in [0.2, 0.25) is 5.02 Å². The highest BCUT2D eigenvalue weighted by Gasteiger charge is 2.31. The summed E-state index contributed by atoms with van der Waals surface area (Å²) in [5.41, 5.74) is 0.933. The molecular formula is C16H19ClN4O3. The molecule has 0 aliphatic carbocycles. The molecule has 2 saturated heterocycles. The molecule has 1 aromatic rings. The number of benzene rings is 1. The number of carbonyl (C=O) groups is 3. The molecule has 128 valence electrons. The van der Waals surface area contributed by atoms with E-state index in [4.69, 9.17) is 11.6 Å². The Kier molecular flexibility index (Phi) is 5.01. The van der Waals surface area contributed by atoms with Gasteiger partial charge in [-0.05, 0) is 17.7 Å². The van der Waals surface area contributed by atoms with Gasteiger partial charge in [0, 0.05) is 31.2 Å². The molecule has 0 saturated carbocycles. The van der Waals surface area contributed by atoms with Crippen LogP contribution in [0.5, 0.6) is 0 Å². The lowest BCUT2D eigenvalue weighted by atomic mass is 10.1. The van der Waals surface area contributed by atoms with Crippen LogP contribution in [-0.4, -0.2) is 60.0 Å². The van der Waals surface area contributed by atoms with Gasteiger partial charge >= 0.3 is 6.03 Å². The number of imide groups is 1. The molecule has 0 radical (unpaired) electrons. The second-order valence-electron chi connectivity index (χ2n) is 5.96. The summed E-state index contributed by atoms with van der Waals surface area (Å²) in [7, 11) is 0. The highest BCUT2D eigenvalue weighted by Crippen LogP contribution is 2.13. The third-order valence-corrected chi connectivity index (χ3v) is 4.56. The molecule has 2 aliphatic rings. The smallest absolute Gasteiger partial charge is 0.322 e. The maximum atomic E-state index is 12.4. The van der Waals surface area contributed by atoms with Crippen LogP contribution in [-0.2, 0) is 16.0 Å². The number of nitrogens with zero attached hydrogens (tertiary/aromatic N) is 2. The average Bonchev–Trinajstić information content (AvgIpc) is 2.56. The van der Waals surface area contributed by atoms with Crippen LogP contribution in [0, 0.1) is 0 Å². The summed E-state index contributed by atoms with van der Waals surface area (Å²) in [6.45, 7) is 2.43. The molecule has 24 heavy (non-hydrogen) atoms. The number of amides is 4. The molecule has 8 heteroatoms. The molecule has 7 nitrogen and oxygen atoms in total. The van der Waals surface area contributed by atoms with Gasteiger partial charge < -0.3 is 10.2 Å². The maximum Gasteiger partial charge on any atom is 0.322 e. The van der Waals surface area contributed by atoms with Gasteiger partial charge in [-0.3, -0.25) is 19.8 Å². The molecule has 0 bridgehead atoms. The number of halogens is 1. The predicted molar refractivity (Wildman–Crippen MR) is 88.4 cm³/mol. The van der Waals surface area contributed by atoms with E-state index in [0.717, 1.165) is 5.56 Å². The second kappa shape index (κ2) is 7.19. The molecule has 2 fully saturated rings. The minimum atomic E-state index is -0.461. The van der Waals surface area contributed by atoms with Crippen molar-refractivity contribution >= 4 is 29.4 Å². The van der Waals surface area contributed by atoms with Crippen LogP contribution in [0.1, 0.15) is 12.0 Å². The molecule has 4 amide bonds. The Labute approximate surface area is 144 Å². The Morgan fingerprint density at radius 1 is 1.12 bits per heavy atom. The fourth-order valence-electron chi connectivity index (χ4n) is 2.98. The van der Waals surface area contributed by atoms with Crippen molar-refractivity contribution < 1.29 is 14.4 Å². The zero-order chi connectivity index (χ0) is 17.1. The molecule has 2 N–H and O–H groups in total. The summed E-state index contributed by atoms with van der Waals surface area (Å²) in [6.07, 6.45) is 0.296. The first-order valence-electron chi connectivity index (χ1n) is 7.88. The average molecular weight is 351 g/mol. The van der Waals surface area contributed by atoms with Gasteiger partial charge in [-0.25, -0.2) is 4.79 Å². The van der Waals surface area contributed by atoms with Crippen molar-refractivity contribution in [2.45, 2.75) is 19.0 Å². The third kappa shape index (κ3) is 4.04. The van der Waals surface area contributed by atoms with Crippen molar-refractivity contribution in [3.8, 4) is 0 Å². The van der Waals surface area contributed by atoms with E-state index in [-0.39, 0.29) is 24.4 Å². The first-order chi connectivity index (χ1) is 11.5. The third-order valence-electron chi connectivity index (χ3n) is 4.31. The quantitative estimate of drug-likeness (QED) is 0.835. The Bertz CT molecular complexity index is 625. The lowest BCUT2D eigenvalue weighted by molar-refractivity contribution is -0.133. The summed E-state index contributed by atoms with van der Waals surface area (Å²) < 4.78 is 0. The van der Waals surface area contributed by atoms with Crippen LogP contribution < -0.4 is 10.6 Å². The first kappa shape index (κ1) is 16.7. The van der Waals surface area contributed by atoms with Crippen LogP contribution in [0.3, 0.4) is 0 Å². The number of piperazine rings is 1. The van der Waals surface area contributed by atoms with Crippen LogP contribution in [0.15, 0.2) is 24.3 Å². The standard InChI is InChI=1S/C16H19ClN4O3/c17-12-3-1-11(2-4-12)9-15(23)21-7-5-20(6-8-21)13-10-14(22)19-16(24)18-13/h1-4,13H,5-10H2,(H2,18,19,22,24).